The molecule has 0 radical (unpaired) electrons. The minimum absolute atomic E-state index is 0.0394. The molecule has 2 aromatic carbocycles. The Labute approximate surface area is 115 Å². The first-order valence-electron chi connectivity index (χ1n) is 6.59. The van der Waals surface area contributed by atoms with Crippen LogP contribution < -0.4 is 10.5 Å². The molecule has 19 heavy (non-hydrogen) atoms. The number of ether oxygens (including phenoxy) is 1. The minimum Gasteiger partial charge on any atom is -0.457 e. The lowest BCUT2D eigenvalue weighted by Crippen LogP contribution is -2.06. The molecule has 2 rings (SSSR count). The van der Waals surface area contributed by atoms with E-state index in [1.807, 2.05) is 31.2 Å². The predicted octanol–water partition coefficient (Wildman–Crippen LogP) is 4.42. The van der Waals surface area contributed by atoms with Crippen LogP contribution in [0.3, 0.4) is 0 Å². The van der Waals surface area contributed by atoms with Crippen molar-refractivity contribution in [2.75, 3.05) is 0 Å². The third-order valence-corrected chi connectivity index (χ3v) is 3.39. The first-order valence-corrected chi connectivity index (χ1v) is 6.59. The number of aryl methyl sites for hydroxylation is 2. The van der Waals surface area contributed by atoms with Crippen LogP contribution >= 0.6 is 0 Å². The molecule has 100 valence electrons. The Bertz CT molecular complexity index is 588. The number of rotatable bonds is 3. The normalized spacial score (nSPS) is 12.3. The summed E-state index contributed by atoms with van der Waals surface area (Å²) in [6.07, 6.45) is 0. The van der Waals surface area contributed by atoms with Gasteiger partial charge in [-0.2, -0.15) is 0 Å². The van der Waals surface area contributed by atoms with E-state index in [-0.39, 0.29) is 6.04 Å². The lowest BCUT2D eigenvalue weighted by atomic mass is 10.1. The van der Waals surface area contributed by atoms with Crippen LogP contribution in [0.2, 0.25) is 0 Å². The number of para-hydroxylation sites is 1. The highest BCUT2D eigenvalue weighted by molar-refractivity contribution is 5.46. The maximum atomic E-state index is 6.08. The molecule has 0 bridgehead atoms. The minimum atomic E-state index is -0.0394. The van der Waals surface area contributed by atoms with Gasteiger partial charge in [-0.05, 0) is 56.5 Å². The van der Waals surface area contributed by atoms with Crippen molar-refractivity contribution in [3.8, 4) is 11.5 Å². The van der Waals surface area contributed by atoms with E-state index in [9.17, 15) is 0 Å². The van der Waals surface area contributed by atoms with Gasteiger partial charge in [0.2, 0.25) is 0 Å². The van der Waals surface area contributed by atoms with Crippen LogP contribution in [-0.4, -0.2) is 0 Å². The summed E-state index contributed by atoms with van der Waals surface area (Å²) in [5.41, 5.74) is 10.6. The molecule has 0 aliphatic rings. The zero-order valence-corrected chi connectivity index (χ0v) is 12.0. The Kier molecular flexibility index (Phi) is 3.91. The van der Waals surface area contributed by atoms with Crippen LogP contribution in [0.1, 0.15) is 35.2 Å². The van der Waals surface area contributed by atoms with E-state index < -0.39 is 0 Å². The number of benzene rings is 2. The zero-order chi connectivity index (χ0) is 14.0. The topological polar surface area (TPSA) is 35.2 Å². The number of nitrogens with two attached hydrogens (primary N) is 1. The maximum absolute atomic E-state index is 6.08. The third kappa shape index (κ3) is 2.96. The van der Waals surface area contributed by atoms with E-state index in [0.717, 1.165) is 17.1 Å². The van der Waals surface area contributed by atoms with Crippen LogP contribution in [-0.2, 0) is 0 Å². The Balaban J connectivity index is 2.42. The van der Waals surface area contributed by atoms with Crippen molar-refractivity contribution >= 4 is 0 Å². The quantitative estimate of drug-likeness (QED) is 0.881. The Morgan fingerprint density at radius 2 is 1.68 bits per heavy atom. The van der Waals surface area contributed by atoms with Gasteiger partial charge in [-0.25, -0.2) is 0 Å². The molecule has 2 aromatic rings. The van der Waals surface area contributed by atoms with E-state index in [1.165, 1.54) is 16.7 Å². The second-order valence-corrected chi connectivity index (χ2v) is 5.13. The second kappa shape index (κ2) is 5.45. The summed E-state index contributed by atoms with van der Waals surface area (Å²) in [6.45, 7) is 8.23. The van der Waals surface area contributed by atoms with Crippen LogP contribution in [0.5, 0.6) is 11.5 Å². The largest absolute Gasteiger partial charge is 0.457 e. The average molecular weight is 255 g/mol. The molecule has 1 atom stereocenters. The van der Waals surface area contributed by atoms with Gasteiger partial charge in [0.05, 0.1) is 0 Å². The average Bonchev–Trinajstić information content (AvgIpc) is 2.35. The molecule has 0 spiro atoms. The smallest absolute Gasteiger partial charge is 0.132 e. The molecule has 0 aliphatic heterocycles. The van der Waals surface area contributed by atoms with Crippen LogP contribution in [0.15, 0.2) is 36.4 Å². The van der Waals surface area contributed by atoms with Gasteiger partial charge in [-0.15, -0.1) is 0 Å². The Morgan fingerprint density at radius 1 is 1.00 bits per heavy atom. The Morgan fingerprint density at radius 3 is 2.37 bits per heavy atom. The van der Waals surface area contributed by atoms with Gasteiger partial charge in [0.1, 0.15) is 11.5 Å². The van der Waals surface area contributed by atoms with E-state index in [2.05, 4.69) is 32.9 Å². The molecule has 0 aliphatic carbocycles. The van der Waals surface area contributed by atoms with Crippen LogP contribution in [0.25, 0.3) is 0 Å². The Hall–Kier alpha value is -1.80. The maximum Gasteiger partial charge on any atom is 0.132 e. The van der Waals surface area contributed by atoms with Crippen molar-refractivity contribution in [3.05, 3.63) is 58.7 Å². The van der Waals surface area contributed by atoms with E-state index in [4.69, 9.17) is 10.5 Å². The molecule has 0 saturated heterocycles. The standard InChI is InChI=1S/C17H21NO/c1-11-9-12(2)13(3)17(10-11)19-16-8-6-5-7-15(16)14(4)18/h5-10,14H,18H2,1-4H3. The molecular weight excluding hydrogens is 234 g/mol. The molecule has 0 aromatic heterocycles. The lowest BCUT2D eigenvalue weighted by molar-refractivity contribution is 0.467. The van der Waals surface area contributed by atoms with Crippen molar-refractivity contribution in [1.82, 2.24) is 0 Å². The third-order valence-electron chi connectivity index (χ3n) is 3.39. The molecule has 2 N–H and O–H groups in total. The van der Waals surface area contributed by atoms with Crippen molar-refractivity contribution in [2.24, 2.45) is 5.73 Å². The summed E-state index contributed by atoms with van der Waals surface area (Å²) in [7, 11) is 0. The fourth-order valence-corrected chi connectivity index (χ4v) is 2.17. The summed E-state index contributed by atoms with van der Waals surface area (Å²) in [5, 5.41) is 0. The molecular formula is C17H21NO. The summed E-state index contributed by atoms with van der Waals surface area (Å²) in [5.74, 6) is 1.75. The molecule has 0 amide bonds. The molecule has 0 saturated carbocycles. The van der Waals surface area contributed by atoms with Gasteiger partial charge in [0, 0.05) is 11.6 Å². The van der Waals surface area contributed by atoms with E-state index >= 15 is 0 Å². The summed E-state index contributed by atoms with van der Waals surface area (Å²) in [6, 6.07) is 12.1. The monoisotopic (exact) mass is 255 g/mol. The van der Waals surface area contributed by atoms with Gasteiger partial charge in [0.15, 0.2) is 0 Å². The molecule has 1 unspecified atom stereocenters. The number of hydrogen-bond acceptors (Lipinski definition) is 2. The zero-order valence-electron chi connectivity index (χ0n) is 12.0. The lowest BCUT2D eigenvalue weighted by Gasteiger charge is -2.16. The first-order chi connectivity index (χ1) is 8.99. The van der Waals surface area contributed by atoms with Crippen molar-refractivity contribution < 1.29 is 4.74 Å². The fraction of sp³-hybridized carbons (Fsp3) is 0.294. The van der Waals surface area contributed by atoms with E-state index in [0.29, 0.717) is 0 Å². The van der Waals surface area contributed by atoms with Crippen molar-refractivity contribution in [3.63, 3.8) is 0 Å². The van der Waals surface area contributed by atoms with Gasteiger partial charge >= 0.3 is 0 Å². The highest BCUT2D eigenvalue weighted by atomic mass is 16.5. The summed E-state index contributed by atoms with van der Waals surface area (Å²) < 4.78 is 6.08. The summed E-state index contributed by atoms with van der Waals surface area (Å²) >= 11 is 0. The predicted molar refractivity (Wildman–Crippen MR) is 79.8 cm³/mol. The number of hydrogen-bond donors (Lipinski definition) is 1. The first kappa shape index (κ1) is 13.6. The van der Waals surface area contributed by atoms with Crippen molar-refractivity contribution in [2.45, 2.75) is 33.7 Å². The summed E-state index contributed by atoms with van der Waals surface area (Å²) in [4.78, 5) is 0. The highest BCUT2D eigenvalue weighted by Gasteiger charge is 2.10. The molecule has 0 heterocycles. The highest BCUT2D eigenvalue weighted by Crippen LogP contribution is 2.32. The van der Waals surface area contributed by atoms with E-state index in [1.54, 1.807) is 0 Å². The van der Waals surface area contributed by atoms with Crippen molar-refractivity contribution in [1.29, 1.82) is 0 Å². The molecule has 2 nitrogen and oxygen atoms in total. The molecule has 2 heteroatoms. The van der Waals surface area contributed by atoms with Crippen LogP contribution in [0, 0.1) is 20.8 Å². The van der Waals surface area contributed by atoms with Gasteiger partial charge in [0.25, 0.3) is 0 Å². The van der Waals surface area contributed by atoms with Gasteiger partial charge < -0.3 is 10.5 Å². The van der Waals surface area contributed by atoms with Gasteiger partial charge in [-0.1, -0.05) is 24.3 Å². The second-order valence-electron chi connectivity index (χ2n) is 5.13. The SMILES string of the molecule is Cc1cc(C)c(C)c(Oc2ccccc2C(C)N)c1. The molecule has 0 fully saturated rings. The van der Waals surface area contributed by atoms with Gasteiger partial charge in [-0.3, -0.25) is 0 Å². The fourth-order valence-electron chi connectivity index (χ4n) is 2.17. The van der Waals surface area contributed by atoms with Crippen LogP contribution in [0.4, 0.5) is 0 Å².